The topological polar surface area (TPSA) is 49.3 Å². The van der Waals surface area contributed by atoms with Crippen molar-refractivity contribution in [1.82, 2.24) is 5.32 Å². The lowest BCUT2D eigenvalue weighted by atomic mass is 9.87. The number of nitrogens with one attached hydrogen (secondary N) is 1. The van der Waals surface area contributed by atoms with Crippen LogP contribution in [-0.4, -0.2) is 23.7 Å². The highest BCUT2D eigenvalue weighted by molar-refractivity contribution is 9.10. The zero-order valence-electron chi connectivity index (χ0n) is 12.3. The minimum Gasteiger partial charge on any atom is -0.393 e. The van der Waals surface area contributed by atoms with E-state index in [1.165, 1.54) is 5.56 Å². The Morgan fingerprint density at radius 1 is 1.38 bits per heavy atom. The smallest absolute Gasteiger partial charge is 0.244 e. The molecule has 1 aromatic carbocycles. The average molecular weight is 352 g/mol. The summed E-state index contributed by atoms with van der Waals surface area (Å²) < 4.78 is 0.993. The summed E-state index contributed by atoms with van der Waals surface area (Å²) in [4.78, 5) is 11.8. The second-order valence-electron chi connectivity index (χ2n) is 5.78. The van der Waals surface area contributed by atoms with Crippen LogP contribution in [0.2, 0.25) is 0 Å². The quantitative estimate of drug-likeness (QED) is 0.816. The van der Waals surface area contributed by atoms with Crippen molar-refractivity contribution in [1.29, 1.82) is 0 Å². The number of aryl methyl sites for hydroxylation is 1. The van der Waals surface area contributed by atoms with Gasteiger partial charge in [-0.25, -0.2) is 0 Å². The first-order valence-corrected chi connectivity index (χ1v) is 8.24. The summed E-state index contributed by atoms with van der Waals surface area (Å²) >= 11 is 3.50. The highest BCUT2D eigenvalue weighted by Crippen LogP contribution is 2.23. The number of hydrogen-bond donors (Lipinski definition) is 2. The second-order valence-corrected chi connectivity index (χ2v) is 6.63. The molecule has 1 fully saturated rings. The Labute approximate surface area is 134 Å². The van der Waals surface area contributed by atoms with Crippen molar-refractivity contribution in [2.24, 2.45) is 5.92 Å². The van der Waals surface area contributed by atoms with E-state index in [1.807, 2.05) is 31.2 Å². The molecule has 0 aliphatic heterocycles. The Kier molecular flexibility index (Phi) is 6.00. The van der Waals surface area contributed by atoms with Gasteiger partial charge in [-0.1, -0.05) is 28.1 Å². The summed E-state index contributed by atoms with van der Waals surface area (Å²) in [6.07, 6.45) is 6.95. The van der Waals surface area contributed by atoms with Crippen molar-refractivity contribution in [3.05, 3.63) is 39.9 Å². The summed E-state index contributed by atoms with van der Waals surface area (Å²) in [5.41, 5.74) is 2.18. The number of benzene rings is 1. The summed E-state index contributed by atoms with van der Waals surface area (Å²) in [5, 5.41) is 12.4. The average Bonchev–Trinajstić information content (AvgIpc) is 2.46. The van der Waals surface area contributed by atoms with Crippen LogP contribution in [-0.2, 0) is 4.79 Å². The maximum absolute atomic E-state index is 11.8. The molecule has 21 heavy (non-hydrogen) atoms. The Morgan fingerprint density at radius 3 is 2.76 bits per heavy atom. The van der Waals surface area contributed by atoms with E-state index in [4.69, 9.17) is 0 Å². The van der Waals surface area contributed by atoms with E-state index >= 15 is 0 Å². The van der Waals surface area contributed by atoms with Gasteiger partial charge in [0.15, 0.2) is 0 Å². The van der Waals surface area contributed by atoms with Gasteiger partial charge >= 0.3 is 0 Å². The van der Waals surface area contributed by atoms with Gasteiger partial charge in [0, 0.05) is 17.1 Å². The molecule has 0 heterocycles. The molecule has 4 heteroatoms. The summed E-state index contributed by atoms with van der Waals surface area (Å²) in [6, 6.07) is 6.05. The molecule has 0 unspecified atom stereocenters. The Morgan fingerprint density at radius 2 is 2.10 bits per heavy atom. The molecule has 1 amide bonds. The van der Waals surface area contributed by atoms with Crippen LogP contribution in [0.25, 0.3) is 6.08 Å². The second kappa shape index (κ2) is 7.76. The number of aliphatic hydroxyl groups is 1. The third kappa shape index (κ3) is 5.29. The molecule has 0 bridgehead atoms. The number of carbonyl (C=O) groups is 1. The molecular weight excluding hydrogens is 330 g/mol. The van der Waals surface area contributed by atoms with Crippen LogP contribution in [0, 0.1) is 12.8 Å². The fourth-order valence-corrected chi connectivity index (χ4v) is 3.21. The standard InChI is InChI=1S/C17H22BrNO2/c1-12-2-5-14(16(18)10-12)6-9-17(21)19-11-13-3-7-15(20)8-4-13/h2,5-6,9-10,13,15,20H,3-4,7-8,11H2,1H3,(H,19,21)/b9-6+. The van der Waals surface area contributed by atoms with Crippen LogP contribution in [0.15, 0.2) is 28.7 Å². The molecule has 0 spiro atoms. The van der Waals surface area contributed by atoms with Crippen molar-refractivity contribution in [3.8, 4) is 0 Å². The maximum atomic E-state index is 11.8. The van der Waals surface area contributed by atoms with Gasteiger partial charge in [-0.2, -0.15) is 0 Å². The number of halogens is 1. The molecular formula is C17H22BrNO2. The van der Waals surface area contributed by atoms with E-state index in [1.54, 1.807) is 6.08 Å². The van der Waals surface area contributed by atoms with Gasteiger partial charge in [-0.3, -0.25) is 4.79 Å². The number of hydrogen-bond acceptors (Lipinski definition) is 2. The predicted molar refractivity (Wildman–Crippen MR) is 88.9 cm³/mol. The first-order valence-electron chi connectivity index (χ1n) is 7.44. The molecule has 3 nitrogen and oxygen atoms in total. The highest BCUT2D eigenvalue weighted by atomic mass is 79.9. The zero-order chi connectivity index (χ0) is 15.2. The Bertz CT molecular complexity index is 520. The van der Waals surface area contributed by atoms with Crippen molar-refractivity contribution in [2.45, 2.75) is 38.7 Å². The predicted octanol–water partition coefficient (Wildman–Crippen LogP) is 3.44. The van der Waals surface area contributed by atoms with E-state index in [0.29, 0.717) is 12.5 Å². The van der Waals surface area contributed by atoms with Crippen LogP contribution >= 0.6 is 15.9 Å². The molecule has 0 atom stereocenters. The first-order chi connectivity index (χ1) is 10.0. The molecule has 0 radical (unpaired) electrons. The molecule has 1 saturated carbocycles. The number of rotatable bonds is 4. The van der Waals surface area contributed by atoms with Gasteiger partial charge < -0.3 is 10.4 Å². The fraction of sp³-hybridized carbons (Fsp3) is 0.471. The van der Waals surface area contributed by atoms with Crippen molar-refractivity contribution < 1.29 is 9.90 Å². The molecule has 0 saturated heterocycles. The lowest BCUT2D eigenvalue weighted by molar-refractivity contribution is -0.116. The van der Waals surface area contributed by atoms with Gasteiger partial charge in [0.1, 0.15) is 0 Å². The largest absolute Gasteiger partial charge is 0.393 e. The molecule has 1 aliphatic carbocycles. The van der Waals surface area contributed by atoms with Crippen LogP contribution in [0.4, 0.5) is 0 Å². The van der Waals surface area contributed by atoms with Gasteiger partial charge in [-0.15, -0.1) is 0 Å². The fourth-order valence-electron chi connectivity index (χ4n) is 2.59. The molecule has 2 N–H and O–H groups in total. The van der Waals surface area contributed by atoms with E-state index in [-0.39, 0.29) is 12.0 Å². The van der Waals surface area contributed by atoms with E-state index in [2.05, 4.69) is 21.2 Å². The Hall–Kier alpha value is -1.13. The van der Waals surface area contributed by atoms with Gasteiger partial charge in [0.25, 0.3) is 0 Å². The lowest BCUT2D eigenvalue weighted by Crippen LogP contribution is -2.31. The van der Waals surface area contributed by atoms with E-state index in [0.717, 1.165) is 35.7 Å². The van der Waals surface area contributed by atoms with Crippen LogP contribution in [0.1, 0.15) is 36.8 Å². The molecule has 1 aliphatic rings. The Balaban J connectivity index is 1.80. The summed E-state index contributed by atoms with van der Waals surface area (Å²) in [6.45, 7) is 2.73. The summed E-state index contributed by atoms with van der Waals surface area (Å²) in [5.74, 6) is 0.436. The molecule has 0 aromatic heterocycles. The van der Waals surface area contributed by atoms with Crippen molar-refractivity contribution in [2.75, 3.05) is 6.54 Å². The molecule has 2 rings (SSSR count). The van der Waals surface area contributed by atoms with Crippen LogP contribution in [0.3, 0.4) is 0 Å². The molecule has 114 valence electrons. The third-order valence-corrected chi connectivity index (χ3v) is 4.64. The monoisotopic (exact) mass is 351 g/mol. The van der Waals surface area contributed by atoms with Crippen LogP contribution in [0.5, 0.6) is 0 Å². The van der Waals surface area contributed by atoms with Gasteiger partial charge in [0.05, 0.1) is 6.10 Å². The minimum absolute atomic E-state index is 0.0615. The highest BCUT2D eigenvalue weighted by Gasteiger charge is 2.19. The van der Waals surface area contributed by atoms with Gasteiger partial charge in [-0.05, 0) is 61.8 Å². The van der Waals surface area contributed by atoms with Crippen LogP contribution < -0.4 is 5.32 Å². The third-order valence-electron chi connectivity index (χ3n) is 3.95. The summed E-state index contributed by atoms with van der Waals surface area (Å²) in [7, 11) is 0. The number of aliphatic hydroxyl groups excluding tert-OH is 1. The van der Waals surface area contributed by atoms with E-state index in [9.17, 15) is 9.90 Å². The lowest BCUT2D eigenvalue weighted by Gasteiger charge is -2.25. The van der Waals surface area contributed by atoms with Crippen molar-refractivity contribution in [3.63, 3.8) is 0 Å². The zero-order valence-corrected chi connectivity index (χ0v) is 13.9. The van der Waals surface area contributed by atoms with Gasteiger partial charge in [0.2, 0.25) is 5.91 Å². The number of carbonyl (C=O) groups excluding carboxylic acids is 1. The SMILES string of the molecule is Cc1ccc(/C=C/C(=O)NCC2CCC(O)CC2)c(Br)c1. The number of amides is 1. The van der Waals surface area contributed by atoms with Crippen molar-refractivity contribution >= 4 is 27.9 Å². The first kappa shape index (κ1) is 16.2. The molecule has 1 aromatic rings. The maximum Gasteiger partial charge on any atom is 0.244 e. The minimum atomic E-state index is -0.143. The van der Waals surface area contributed by atoms with E-state index < -0.39 is 0 Å². The normalized spacial score (nSPS) is 22.4.